The van der Waals surface area contributed by atoms with Crippen LogP contribution in [0.4, 0.5) is 0 Å². The zero-order valence-electron chi connectivity index (χ0n) is 19.6. The van der Waals surface area contributed by atoms with Gasteiger partial charge in [0.05, 0.1) is 0 Å². The second-order valence-electron chi connectivity index (χ2n) is 8.20. The summed E-state index contributed by atoms with van der Waals surface area (Å²) in [7, 11) is 0. The lowest BCUT2D eigenvalue weighted by molar-refractivity contribution is -0.122. The van der Waals surface area contributed by atoms with Gasteiger partial charge in [0.1, 0.15) is 5.78 Å². The molecular weight excluding hydrogens is 390 g/mol. The zero-order chi connectivity index (χ0) is 22.8. The minimum absolute atomic E-state index is 0. The highest BCUT2D eigenvalue weighted by Crippen LogP contribution is 2.34. The lowest BCUT2D eigenvalue weighted by Crippen LogP contribution is -2.30. The van der Waals surface area contributed by atoms with Crippen molar-refractivity contribution in [2.45, 2.75) is 52.5 Å². The van der Waals surface area contributed by atoms with E-state index in [9.17, 15) is 4.79 Å². The lowest BCUT2D eigenvalue weighted by atomic mass is 9.86. The van der Waals surface area contributed by atoms with Crippen LogP contribution in [0.5, 0.6) is 0 Å². The molecule has 1 aliphatic carbocycles. The first-order valence-corrected chi connectivity index (χ1v) is 11.9. The fraction of sp³-hybridized carbons (Fsp3) is 0.300. The highest BCUT2D eigenvalue weighted by molar-refractivity contribution is 6.05. The first-order valence-electron chi connectivity index (χ1n) is 11.9. The normalized spacial score (nSPS) is 17.8. The Balaban J connectivity index is 0.00000125. The van der Waals surface area contributed by atoms with Gasteiger partial charge in [-0.3, -0.25) is 4.79 Å². The highest BCUT2D eigenvalue weighted by Gasteiger charge is 2.22. The van der Waals surface area contributed by atoms with E-state index in [0.717, 1.165) is 19.3 Å². The summed E-state index contributed by atoms with van der Waals surface area (Å²) in [6, 6.07) is 21.1. The first-order chi connectivity index (χ1) is 15.7. The van der Waals surface area contributed by atoms with Crippen LogP contribution in [-0.2, 0) is 4.79 Å². The predicted molar refractivity (Wildman–Crippen MR) is 139 cm³/mol. The van der Waals surface area contributed by atoms with Crippen LogP contribution in [0.3, 0.4) is 0 Å². The van der Waals surface area contributed by atoms with Crippen molar-refractivity contribution in [3.63, 3.8) is 0 Å². The molecule has 0 amide bonds. The van der Waals surface area contributed by atoms with E-state index in [-0.39, 0.29) is 13.4 Å². The van der Waals surface area contributed by atoms with Gasteiger partial charge in [0, 0.05) is 31.6 Å². The third-order valence-electron chi connectivity index (χ3n) is 5.97. The molecule has 4 rings (SSSR count). The Labute approximate surface area is 194 Å². The molecule has 0 spiro atoms. The number of allylic oxidation sites excluding steroid dienone is 6. The van der Waals surface area contributed by atoms with Crippen LogP contribution in [0.15, 0.2) is 96.7 Å². The van der Waals surface area contributed by atoms with E-state index in [2.05, 4.69) is 91.3 Å². The Hall–Kier alpha value is -3.13. The van der Waals surface area contributed by atoms with Crippen molar-refractivity contribution < 1.29 is 6.22 Å². The summed E-state index contributed by atoms with van der Waals surface area (Å²) < 4.78 is 0. The van der Waals surface area contributed by atoms with Crippen molar-refractivity contribution in [1.29, 1.82) is 0 Å². The Morgan fingerprint density at radius 2 is 1.62 bits per heavy atom. The van der Waals surface area contributed by atoms with Crippen LogP contribution < -0.4 is 5.32 Å². The minimum atomic E-state index is 0. The fourth-order valence-corrected chi connectivity index (χ4v) is 4.19. The summed E-state index contributed by atoms with van der Waals surface area (Å²) in [5.74, 6) is 0.398. The van der Waals surface area contributed by atoms with Crippen molar-refractivity contribution in [3.8, 4) is 0 Å². The number of carbonyl (C=O) groups is 1. The van der Waals surface area contributed by atoms with Gasteiger partial charge in [-0.25, -0.2) is 0 Å². The molecule has 168 valence electrons. The standard InChI is InChI=1S/C28H29NO.C2H6.H2/c1-21(28(30)17-16-22-10-8-9-11-22)18-25-19-26(23-12-4-2-5-13-23)27(20-29-25)24-14-6-3-7-15-24;1-2;/h2-10,12-15,19-21,25,29H,11,16-18H2,1H3;1-2H3;1H. The smallest absolute Gasteiger partial charge is 0.136 e. The van der Waals surface area contributed by atoms with Gasteiger partial charge in [0.2, 0.25) is 0 Å². The summed E-state index contributed by atoms with van der Waals surface area (Å²) in [6.07, 6.45) is 14.1. The van der Waals surface area contributed by atoms with Gasteiger partial charge in [0.25, 0.3) is 0 Å². The molecule has 2 aliphatic rings. The molecule has 2 atom stereocenters. The molecule has 0 aromatic heterocycles. The number of Topliss-reactive ketones (excluding diaryl/α,β-unsaturated/α-hetero) is 1. The first kappa shape index (κ1) is 23.5. The monoisotopic (exact) mass is 427 g/mol. The van der Waals surface area contributed by atoms with E-state index in [1.165, 1.54) is 27.8 Å². The maximum absolute atomic E-state index is 12.7. The quantitative estimate of drug-likeness (QED) is 0.469. The second-order valence-corrected chi connectivity index (χ2v) is 8.20. The SMILES string of the molecule is CC.CC(CC1C=C(c2ccccc2)C(c2ccccc2)=CN1)C(=O)CCC1=CC=CC1.[HH]. The molecule has 0 fully saturated rings. The predicted octanol–water partition coefficient (Wildman–Crippen LogP) is 7.62. The summed E-state index contributed by atoms with van der Waals surface area (Å²) in [4.78, 5) is 12.7. The number of benzene rings is 2. The summed E-state index contributed by atoms with van der Waals surface area (Å²) in [5, 5.41) is 3.54. The molecule has 0 bridgehead atoms. The lowest BCUT2D eigenvalue weighted by Gasteiger charge is -2.26. The average Bonchev–Trinajstić information content (AvgIpc) is 3.38. The Kier molecular flexibility index (Phi) is 8.86. The summed E-state index contributed by atoms with van der Waals surface area (Å²) in [6.45, 7) is 6.07. The van der Waals surface area contributed by atoms with Gasteiger partial charge < -0.3 is 5.32 Å². The van der Waals surface area contributed by atoms with Crippen LogP contribution in [0.2, 0.25) is 0 Å². The van der Waals surface area contributed by atoms with Gasteiger partial charge in [-0.15, -0.1) is 0 Å². The largest absolute Gasteiger partial charge is 0.384 e. The van der Waals surface area contributed by atoms with E-state index in [1.807, 2.05) is 26.0 Å². The Morgan fingerprint density at radius 3 is 2.22 bits per heavy atom. The van der Waals surface area contributed by atoms with Gasteiger partial charge in [-0.05, 0) is 36.0 Å². The minimum Gasteiger partial charge on any atom is -0.384 e. The summed E-state index contributed by atoms with van der Waals surface area (Å²) in [5.41, 5.74) is 6.19. The van der Waals surface area contributed by atoms with Crippen LogP contribution in [0.1, 0.15) is 59.0 Å². The van der Waals surface area contributed by atoms with E-state index in [1.54, 1.807) is 0 Å². The zero-order valence-corrected chi connectivity index (χ0v) is 19.6. The number of carbonyl (C=O) groups excluding carboxylic acids is 1. The number of rotatable bonds is 8. The molecular formula is C30H37NO. The molecule has 2 heteroatoms. The molecule has 2 nitrogen and oxygen atoms in total. The number of ketones is 1. The van der Waals surface area contributed by atoms with Crippen molar-refractivity contribution in [1.82, 2.24) is 5.32 Å². The fourth-order valence-electron chi connectivity index (χ4n) is 4.19. The molecule has 2 unspecified atom stereocenters. The maximum Gasteiger partial charge on any atom is 0.136 e. The topological polar surface area (TPSA) is 29.1 Å². The van der Waals surface area contributed by atoms with Gasteiger partial charge >= 0.3 is 0 Å². The Morgan fingerprint density at radius 1 is 1.00 bits per heavy atom. The van der Waals surface area contributed by atoms with E-state index >= 15 is 0 Å². The molecule has 0 saturated carbocycles. The molecule has 32 heavy (non-hydrogen) atoms. The summed E-state index contributed by atoms with van der Waals surface area (Å²) >= 11 is 0. The Bertz CT molecular complexity index is 1000. The van der Waals surface area contributed by atoms with Crippen LogP contribution in [-0.4, -0.2) is 11.8 Å². The third-order valence-corrected chi connectivity index (χ3v) is 5.97. The van der Waals surface area contributed by atoms with Crippen molar-refractivity contribution in [3.05, 3.63) is 108 Å². The van der Waals surface area contributed by atoms with E-state index in [4.69, 9.17) is 0 Å². The van der Waals surface area contributed by atoms with E-state index in [0.29, 0.717) is 12.2 Å². The number of dihydropyridines is 1. The van der Waals surface area contributed by atoms with Crippen molar-refractivity contribution in [2.24, 2.45) is 5.92 Å². The molecule has 1 aliphatic heterocycles. The highest BCUT2D eigenvalue weighted by atomic mass is 16.1. The van der Waals surface area contributed by atoms with Crippen LogP contribution >= 0.6 is 0 Å². The van der Waals surface area contributed by atoms with Gasteiger partial charge in [0.15, 0.2) is 0 Å². The average molecular weight is 428 g/mol. The molecule has 1 heterocycles. The van der Waals surface area contributed by atoms with E-state index < -0.39 is 0 Å². The van der Waals surface area contributed by atoms with Crippen LogP contribution in [0.25, 0.3) is 11.1 Å². The van der Waals surface area contributed by atoms with Crippen molar-refractivity contribution in [2.75, 3.05) is 0 Å². The van der Waals surface area contributed by atoms with Gasteiger partial charge in [-0.2, -0.15) is 0 Å². The molecule has 0 radical (unpaired) electrons. The molecule has 2 aromatic carbocycles. The number of nitrogens with one attached hydrogen (secondary N) is 1. The van der Waals surface area contributed by atoms with Crippen LogP contribution in [0, 0.1) is 5.92 Å². The second kappa shape index (κ2) is 12.0. The molecule has 0 saturated heterocycles. The number of hydrogen-bond donors (Lipinski definition) is 1. The molecule has 1 N–H and O–H groups in total. The maximum atomic E-state index is 12.7. The molecule has 2 aromatic rings. The number of hydrogen-bond acceptors (Lipinski definition) is 2. The third kappa shape index (κ3) is 6.20. The van der Waals surface area contributed by atoms with Crippen molar-refractivity contribution >= 4 is 16.9 Å². The van der Waals surface area contributed by atoms with Gasteiger partial charge in [-0.1, -0.05) is 111 Å².